The fourth-order valence-corrected chi connectivity index (χ4v) is 3.49. The van der Waals surface area contributed by atoms with Crippen LogP contribution in [0.25, 0.3) is 0 Å². The quantitative estimate of drug-likeness (QED) is 0.207. The Hall–Kier alpha value is -3.27. The van der Waals surface area contributed by atoms with Crippen LogP contribution < -0.4 is 21.3 Å². The lowest BCUT2D eigenvalue weighted by molar-refractivity contribution is -0.140. The third kappa shape index (κ3) is 11.4. The minimum atomic E-state index is -0.987. The van der Waals surface area contributed by atoms with E-state index in [1.165, 1.54) is 0 Å². The van der Waals surface area contributed by atoms with E-state index in [-0.39, 0.29) is 30.7 Å². The van der Waals surface area contributed by atoms with E-state index in [0.29, 0.717) is 32.0 Å². The summed E-state index contributed by atoms with van der Waals surface area (Å²) in [4.78, 5) is 58.6. The van der Waals surface area contributed by atoms with Crippen molar-refractivity contribution < 1.29 is 28.7 Å². The van der Waals surface area contributed by atoms with E-state index in [1.54, 1.807) is 14.0 Å². The monoisotopic (exact) mass is 502 g/mol. The molecule has 3 amide bonds. The Labute approximate surface area is 212 Å². The predicted molar refractivity (Wildman–Crippen MR) is 134 cm³/mol. The number of ether oxygens (including phenoxy) is 1. The zero-order valence-electron chi connectivity index (χ0n) is 21.1. The number of rotatable bonds is 15. The highest BCUT2D eigenvalue weighted by molar-refractivity contribution is 6.38. The van der Waals surface area contributed by atoms with Crippen LogP contribution in [0.15, 0.2) is 30.3 Å². The van der Waals surface area contributed by atoms with Gasteiger partial charge in [-0.2, -0.15) is 0 Å². The number of ketones is 1. The minimum Gasteiger partial charge on any atom is -0.463 e. The van der Waals surface area contributed by atoms with Crippen LogP contribution >= 0.6 is 0 Å². The largest absolute Gasteiger partial charge is 0.463 e. The number of hydrogen-bond acceptors (Lipinski definition) is 7. The lowest BCUT2D eigenvalue weighted by Crippen LogP contribution is -2.53. The molecule has 1 aromatic rings. The van der Waals surface area contributed by atoms with Gasteiger partial charge in [-0.3, -0.25) is 24.0 Å². The van der Waals surface area contributed by atoms with Crippen molar-refractivity contribution in [3.63, 3.8) is 0 Å². The molecule has 0 heterocycles. The van der Waals surface area contributed by atoms with Crippen LogP contribution in [0.2, 0.25) is 0 Å². The summed E-state index contributed by atoms with van der Waals surface area (Å²) in [5, 5.41) is 11.0. The van der Waals surface area contributed by atoms with Crippen LogP contribution in [0.3, 0.4) is 0 Å². The number of benzene rings is 1. The molecule has 4 N–H and O–H groups in total. The molecule has 10 nitrogen and oxygen atoms in total. The van der Waals surface area contributed by atoms with Gasteiger partial charge in [0.05, 0.1) is 12.1 Å². The number of carbonyl (C=O) groups excluding carboxylic acids is 5. The van der Waals surface area contributed by atoms with Crippen LogP contribution in [0.5, 0.6) is 0 Å². The van der Waals surface area contributed by atoms with Crippen molar-refractivity contribution >= 4 is 30.0 Å². The highest BCUT2D eigenvalue weighted by Crippen LogP contribution is 2.33. The third-order valence-corrected chi connectivity index (χ3v) is 5.90. The first-order chi connectivity index (χ1) is 17.4. The van der Waals surface area contributed by atoms with Crippen molar-refractivity contribution in [3.8, 4) is 0 Å². The Morgan fingerprint density at radius 1 is 1.06 bits per heavy atom. The normalized spacial score (nSPS) is 15.8. The summed E-state index contributed by atoms with van der Waals surface area (Å²) in [6.45, 7) is 3.12. The lowest BCUT2D eigenvalue weighted by atomic mass is 10.0. The molecule has 2 atom stereocenters. The average molecular weight is 503 g/mol. The van der Waals surface area contributed by atoms with Crippen molar-refractivity contribution in [1.82, 2.24) is 21.3 Å². The number of Topliss-reactive ketones (excluding diaryl/α,β-unsaturated/α-hetero) is 1. The van der Waals surface area contributed by atoms with Gasteiger partial charge in [0.2, 0.25) is 17.6 Å². The van der Waals surface area contributed by atoms with Gasteiger partial charge in [0, 0.05) is 19.0 Å². The second kappa shape index (κ2) is 15.7. The Bertz CT molecular complexity index is 870. The first-order valence-electron chi connectivity index (χ1n) is 12.6. The predicted octanol–water partition coefficient (Wildman–Crippen LogP) is 0.983. The first-order valence-corrected chi connectivity index (χ1v) is 12.6. The maximum absolute atomic E-state index is 12.5. The highest BCUT2D eigenvalue weighted by Gasteiger charge is 2.34. The van der Waals surface area contributed by atoms with Gasteiger partial charge in [-0.25, -0.2) is 0 Å². The van der Waals surface area contributed by atoms with Gasteiger partial charge in [-0.05, 0) is 51.1 Å². The van der Waals surface area contributed by atoms with E-state index in [2.05, 4.69) is 26.0 Å². The summed E-state index contributed by atoms with van der Waals surface area (Å²) < 4.78 is 4.54. The fraction of sp³-hybridized carbons (Fsp3) is 0.577. The van der Waals surface area contributed by atoms with Crippen LogP contribution in [-0.4, -0.2) is 61.7 Å². The molecular formula is C26H38N4O6. The smallest absolute Gasteiger partial charge is 0.293 e. The van der Waals surface area contributed by atoms with Crippen molar-refractivity contribution in [3.05, 3.63) is 35.9 Å². The number of carbonyl (C=O) groups is 5. The van der Waals surface area contributed by atoms with Gasteiger partial charge < -0.3 is 26.0 Å². The van der Waals surface area contributed by atoms with Gasteiger partial charge in [0.25, 0.3) is 12.4 Å². The molecule has 2 fully saturated rings. The van der Waals surface area contributed by atoms with Crippen LogP contribution in [0.4, 0.5) is 0 Å². The molecule has 1 unspecified atom stereocenters. The third-order valence-electron chi connectivity index (χ3n) is 5.90. The molecule has 0 radical (unpaired) electrons. The molecule has 3 rings (SSSR count). The Balaban J connectivity index is 0.000000380. The van der Waals surface area contributed by atoms with E-state index in [4.69, 9.17) is 0 Å². The number of amides is 3. The molecule has 0 aliphatic heterocycles. The molecule has 198 valence electrons. The van der Waals surface area contributed by atoms with E-state index in [9.17, 15) is 24.0 Å². The molecule has 0 spiro atoms. The molecule has 0 aromatic heterocycles. The minimum absolute atomic E-state index is 0.0612. The maximum Gasteiger partial charge on any atom is 0.293 e. The van der Waals surface area contributed by atoms with Gasteiger partial charge in [0.1, 0.15) is 6.61 Å². The molecule has 0 saturated heterocycles. The molecular weight excluding hydrogens is 464 g/mol. The molecule has 2 aliphatic carbocycles. The molecule has 10 heteroatoms. The summed E-state index contributed by atoms with van der Waals surface area (Å²) >= 11 is 0. The second-order valence-electron chi connectivity index (χ2n) is 9.08. The van der Waals surface area contributed by atoms with E-state index in [0.717, 1.165) is 31.2 Å². The van der Waals surface area contributed by atoms with Gasteiger partial charge in [0.15, 0.2) is 0 Å². The topological polar surface area (TPSA) is 143 Å². The summed E-state index contributed by atoms with van der Waals surface area (Å²) in [5.74, 6) is -1.33. The van der Waals surface area contributed by atoms with Gasteiger partial charge in [-0.1, -0.05) is 43.2 Å². The Kier molecular flexibility index (Phi) is 12.6. The number of likely N-dealkylation sites (N-methyl/N-ethyl adjacent to an activating group) is 1. The molecule has 2 aliphatic rings. The van der Waals surface area contributed by atoms with Gasteiger partial charge >= 0.3 is 0 Å². The highest BCUT2D eigenvalue weighted by atomic mass is 16.5. The molecule has 0 bridgehead atoms. The molecule has 36 heavy (non-hydrogen) atoms. The first kappa shape index (κ1) is 29.0. The van der Waals surface area contributed by atoms with Crippen molar-refractivity contribution in [2.24, 2.45) is 5.92 Å². The lowest BCUT2D eigenvalue weighted by Gasteiger charge is -2.21. The standard InChI is InChI=1S/C18H30N4O4.C8H8O2/c1-3-20-15(23)9-8-13(16(24)18(26)21-12-6-7-12)22-17(25)14(19-2)10-11-4-5-11;9-7-10-6-8-4-2-1-3-5-8/h11-14,19H,3-10H2,1-2H3,(H,20,23)(H,21,26)(H,22,25);1-5,7H,6H2/t13?,14-;/m0./s1. The van der Waals surface area contributed by atoms with Crippen LogP contribution in [0, 0.1) is 5.92 Å². The van der Waals surface area contributed by atoms with Gasteiger partial charge in [-0.15, -0.1) is 0 Å². The number of hydrogen-bond donors (Lipinski definition) is 4. The zero-order valence-corrected chi connectivity index (χ0v) is 21.1. The molecule has 2 saturated carbocycles. The SMILES string of the molecule is CCNC(=O)CCC(NC(=O)[C@H](CC1CC1)NC)C(=O)C(=O)NC1CC1.O=COCc1ccccc1. The summed E-state index contributed by atoms with van der Waals surface area (Å²) in [7, 11) is 1.71. The summed E-state index contributed by atoms with van der Waals surface area (Å²) in [6.07, 6.45) is 4.89. The van der Waals surface area contributed by atoms with E-state index < -0.39 is 23.8 Å². The van der Waals surface area contributed by atoms with Crippen molar-refractivity contribution in [2.45, 2.75) is 76.6 Å². The zero-order chi connectivity index (χ0) is 26.3. The average Bonchev–Trinajstić information content (AvgIpc) is 3.81. The van der Waals surface area contributed by atoms with Crippen molar-refractivity contribution in [2.75, 3.05) is 13.6 Å². The van der Waals surface area contributed by atoms with E-state index >= 15 is 0 Å². The maximum atomic E-state index is 12.5. The second-order valence-corrected chi connectivity index (χ2v) is 9.08. The molecule has 1 aromatic carbocycles. The van der Waals surface area contributed by atoms with Crippen LogP contribution in [0.1, 0.15) is 57.4 Å². The van der Waals surface area contributed by atoms with Crippen LogP contribution in [-0.2, 0) is 35.3 Å². The summed E-state index contributed by atoms with van der Waals surface area (Å²) in [5.41, 5.74) is 1.01. The Morgan fingerprint density at radius 2 is 1.75 bits per heavy atom. The fourth-order valence-electron chi connectivity index (χ4n) is 3.49. The Morgan fingerprint density at radius 3 is 2.31 bits per heavy atom. The van der Waals surface area contributed by atoms with E-state index in [1.807, 2.05) is 30.3 Å². The van der Waals surface area contributed by atoms with Crippen molar-refractivity contribution in [1.29, 1.82) is 0 Å². The summed E-state index contributed by atoms with van der Waals surface area (Å²) in [6, 6.07) is 8.23. The number of nitrogens with one attached hydrogen (secondary N) is 4.